The summed E-state index contributed by atoms with van der Waals surface area (Å²) in [4.78, 5) is 21.1. The molecule has 0 unspecified atom stereocenters. The van der Waals surface area contributed by atoms with Gasteiger partial charge in [-0.3, -0.25) is 4.79 Å². The summed E-state index contributed by atoms with van der Waals surface area (Å²) in [6.07, 6.45) is 6.91. The third kappa shape index (κ3) is 5.01. The van der Waals surface area contributed by atoms with E-state index in [2.05, 4.69) is 29.1 Å². The lowest BCUT2D eigenvalue weighted by Crippen LogP contribution is -2.25. The zero-order chi connectivity index (χ0) is 17.6. The molecule has 3 rings (SSSR count). The Labute approximate surface area is 152 Å². The molecule has 0 spiro atoms. The summed E-state index contributed by atoms with van der Waals surface area (Å²) in [5.41, 5.74) is 1.75. The van der Waals surface area contributed by atoms with Crippen LogP contribution in [0.2, 0.25) is 0 Å². The molecule has 1 saturated carbocycles. The molecule has 5 nitrogen and oxygen atoms in total. The predicted octanol–water partition coefficient (Wildman–Crippen LogP) is 3.84. The van der Waals surface area contributed by atoms with Gasteiger partial charge in [0.15, 0.2) is 0 Å². The minimum atomic E-state index is -0.0312. The van der Waals surface area contributed by atoms with Crippen LogP contribution in [0.25, 0.3) is 0 Å². The Bertz CT molecular complexity index is 708. The minimum Gasteiger partial charge on any atom is -0.474 e. The number of ether oxygens (including phenoxy) is 1. The van der Waals surface area contributed by atoms with Gasteiger partial charge in [-0.25, -0.2) is 9.97 Å². The van der Waals surface area contributed by atoms with Gasteiger partial charge in [0, 0.05) is 29.6 Å². The summed E-state index contributed by atoms with van der Waals surface area (Å²) >= 11 is 1.61. The van der Waals surface area contributed by atoms with E-state index in [1.807, 2.05) is 17.5 Å². The molecular weight excluding hydrogens is 334 g/mol. The molecule has 0 saturated heterocycles. The van der Waals surface area contributed by atoms with Gasteiger partial charge in [-0.1, -0.05) is 19.9 Å². The van der Waals surface area contributed by atoms with Crippen molar-refractivity contribution in [2.45, 2.75) is 64.5 Å². The average molecular weight is 359 g/mol. The average Bonchev–Trinajstić information content (AvgIpc) is 3.26. The zero-order valence-corrected chi connectivity index (χ0v) is 15.6. The SMILES string of the molecule is CC(C)c1nc(CC(=O)NCc2cccnc2OC2CCCC2)cs1. The van der Waals surface area contributed by atoms with Gasteiger partial charge in [0.2, 0.25) is 11.8 Å². The van der Waals surface area contributed by atoms with Crippen LogP contribution in [0.5, 0.6) is 5.88 Å². The van der Waals surface area contributed by atoms with Gasteiger partial charge in [0.05, 0.1) is 17.1 Å². The Morgan fingerprint density at radius 3 is 2.92 bits per heavy atom. The van der Waals surface area contributed by atoms with Gasteiger partial charge in [0.25, 0.3) is 0 Å². The van der Waals surface area contributed by atoms with E-state index in [1.54, 1.807) is 17.5 Å². The second-order valence-corrected chi connectivity index (χ2v) is 7.67. The molecule has 0 bridgehead atoms. The number of amides is 1. The van der Waals surface area contributed by atoms with Crippen LogP contribution in [0.15, 0.2) is 23.7 Å². The molecule has 1 aliphatic carbocycles. The number of carbonyl (C=O) groups excluding carboxylic acids is 1. The topological polar surface area (TPSA) is 64.1 Å². The van der Waals surface area contributed by atoms with Crippen molar-refractivity contribution in [2.75, 3.05) is 0 Å². The van der Waals surface area contributed by atoms with Crippen molar-refractivity contribution in [3.63, 3.8) is 0 Å². The van der Waals surface area contributed by atoms with Crippen LogP contribution in [-0.2, 0) is 17.8 Å². The van der Waals surface area contributed by atoms with Gasteiger partial charge >= 0.3 is 0 Å². The molecule has 1 amide bonds. The van der Waals surface area contributed by atoms with Crippen molar-refractivity contribution in [2.24, 2.45) is 0 Å². The number of hydrogen-bond donors (Lipinski definition) is 1. The van der Waals surface area contributed by atoms with Crippen molar-refractivity contribution < 1.29 is 9.53 Å². The maximum Gasteiger partial charge on any atom is 0.226 e. The molecule has 2 heterocycles. The van der Waals surface area contributed by atoms with Crippen LogP contribution in [0.4, 0.5) is 0 Å². The van der Waals surface area contributed by atoms with Crippen molar-refractivity contribution in [3.8, 4) is 5.88 Å². The summed E-state index contributed by atoms with van der Waals surface area (Å²) < 4.78 is 6.01. The highest BCUT2D eigenvalue weighted by Crippen LogP contribution is 2.25. The molecule has 0 atom stereocenters. The second kappa shape index (κ2) is 8.43. The fourth-order valence-electron chi connectivity index (χ4n) is 2.92. The maximum absolute atomic E-state index is 12.2. The summed E-state index contributed by atoms with van der Waals surface area (Å²) in [5, 5.41) is 5.99. The summed E-state index contributed by atoms with van der Waals surface area (Å²) in [7, 11) is 0. The molecule has 1 N–H and O–H groups in total. The molecule has 1 fully saturated rings. The van der Waals surface area contributed by atoms with E-state index in [4.69, 9.17) is 4.74 Å². The third-order valence-electron chi connectivity index (χ3n) is 4.31. The monoisotopic (exact) mass is 359 g/mol. The number of rotatable bonds is 7. The van der Waals surface area contributed by atoms with Crippen LogP contribution in [0.1, 0.15) is 61.7 Å². The molecular formula is C19H25N3O2S. The summed E-state index contributed by atoms with van der Waals surface area (Å²) in [6.45, 7) is 4.64. The fourth-order valence-corrected chi connectivity index (χ4v) is 3.75. The fraction of sp³-hybridized carbons (Fsp3) is 0.526. The first-order valence-electron chi connectivity index (χ1n) is 8.93. The highest BCUT2D eigenvalue weighted by molar-refractivity contribution is 7.09. The Balaban J connectivity index is 1.54. The van der Waals surface area contributed by atoms with E-state index in [-0.39, 0.29) is 12.0 Å². The van der Waals surface area contributed by atoms with Gasteiger partial charge < -0.3 is 10.1 Å². The van der Waals surface area contributed by atoms with Crippen LogP contribution < -0.4 is 10.1 Å². The lowest BCUT2D eigenvalue weighted by atomic mass is 10.2. The normalized spacial score (nSPS) is 14.8. The lowest BCUT2D eigenvalue weighted by molar-refractivity contribution is -0.120. The number of hydrogen-bond acceptors (Lipinski definition) is 5. The molecule has 2 aromatic rings. The largest absolute Gasteiger partial charge is 0.474 e. The molecule has 6 heteroatoms. The van der Waals surface area contributed by atoms with Crippen molar-refractivity contribution >= 4 is 17.2 Å². The minimum absolute atomic E-state index is 0.0312. The highest BCUT2D eigenvalue weighted by Gasteiger charge is 2.19. The van der Waals surface area contributed by atoms with Crippen LogP contribution in [0, 0.1) is 0 Å². The molecule has 134 valence electrons. The summed E-state index contributed by atoms with van der Waals surface area (Å²) in [5.74, 6) is 1.01. The van der Waals surface area contributed by atoms with Gasteiger partial charge in [-0.15, -0.1) is 11.3 Å². The van der Waals surface area contributed by atoms with E-state index in [0.717, 1.165) is 29.1 Å². The van der Waals surface area contributed by atoms with E-state index >= 15 is 0 Å². The highest BCUT2D eigenvalue weighted by atomic mass is 32.1. The first-order chi connectivity index (χ1) is 12.1. The number of nitrogens with one attached hydrogen (secondary N) is 1. The number of nitrogens with zero attached hydrogens (tertiary/aromatic N) is 2. The zero-order valence-electron chi connectivity index (χ0n) is 14.8. The first kappa shape index (κ1) is 17.9. The Kier molecular flexibility index (Phi) is 6.02. The van der Waals surface area contributed by atoms with Crippen molar-refractivity contribution in [1.82, 2.24) is 15.3 Å². The number of aromatic nitrogens is 2. The van der Waals surface area contributed by atoms with Gasteiger partial charge in [0.1, 0.15) is 6.10 Å². The number of thiazole rings is 1. The first-order valence-corrected chi connectivity index (χ1v) is 9.81. The predicted molar refractivity (Wildman–Crippen MR) is 98.9 cm³/mol. The molecule has 2 aromatic heterocycles. The van der Waals surface area contributed by atoms with Gasteiger partial charge in [-0.05, 0) is 31.7 Å². The maximum atomic E-state index is 12.2. The van der Waals surface area contributed by atoms with Crippen molar-refractivity contribution in [1.29, 1.82) is 0 Å². The standard InChI is InChI=1S/C19H25N3O2S/c1-13(2)19-22-15(12-25-19)10-17(23)21-11-14-6-5-9-20-18(14)24-16-7-3-4-8-16/h5-6,9,12-13,16H,3-4,7-8,10-11H2,1-2H3,(H,21,23). The van der Waals surface area contributed by atoms with E-state index in [0.29, 0.717) is 24.8 Å². The van der Waals surface area contributed by atoms with Crippen LogP contribution in [0.3, 0.4) is 0 Å². The van der Waals surface area contributed by atoms with E-state index in [9.17, 15) is 4.79 Å². The quantitative estimate of drug-likeness (QED) is 0.816. The van der Waals surface area contributed by atoms with E-state index in [1.165, 1.54) is 12.8 Å². The van der Waals surface area contributed by atoms with Crippen LogP contribution >= 0.6 is 11.3 Å². The molecule has 1 aliphatic rings. The Hall–Kier alpha value is -1.95. The second-order valence-electron chi connectivity index (χ2n) is 6.78. The number of pyridine rings is 1. The third-order valence-corrected chi connectivity index (χ3v) is 5.51. The lowest BCUT2D eigenvalue weighted by Gasteiger charge is -2.15. The van der Waals surface area contributed by atoms with Crippen molar-refractivity contribution in [3.05, 3.63) is 40.0 Å². The number of carbonyl (C=O) groups is 1. The molecule has 0 aromatic carbocycles. The molecule has 0 aliphatic heterocycles. The smallest absolute Gasteiger partial charge is 0.226 e. The van der Waals surface area contributed by atoms with E-state index < -0.39 is 0 Å². The Morgan fingerprint density at radius 1 is 1.40 bits per heavy atom. The Morgan fingerprint density at radius 2 is 2.20 bits per heavy atom. The van der Waals surface area contributed by atoms with Crippen LogP contribution in [-0.4, -0.2) is 22.0 Å². The molecule has 25 heavy (non-hydrogen) atoms. The molecule has 0 radical (unpaired) electrons. The van der Waals surface area contributed by atoms with Gasteiger partial charge in [-0.2, -0.15) is 0 Å². The summed E-state index contributed by atoms with van der Waals surface area (Å²) in [6, 6.07) is 3.83.